The number of alkyl halides is 1. The summed E-state index contributed by atoms with van der Waals surface area (Å²) in [5.74, 6) is 2.54. The number of fused-ring (bicyclic) bond motifs is 1. The van der Waals surface area contributed by atoms with E-state index in [2.05, 4.69) is 58.0 Å². The summed E-state index contributed by atoms with van der Waals surface area (Å²) in [5.41, 5.74) is 1.24. The van der Waals surface area contributed by atoms with Gasteiger partial charge in [0.25, 0.3) is 0 Å². The van der Waals surface area contributed by atoms with Gasteiger partial charge in [-0.15, -0.1) is 11.6 Å². The molecule has 0 N–H and O–H groups in total. The number of unbranched alkanes of at least 4 members (excludes halogenated alkanes) is 2. The van der Waals surface area contributed by atoms with E-state index in [1.807, 2.05) is 0 Å². The lowest BCUT2D eigenvalue weighted by Crippen LogP contribution is -2.11. The maximum absolute atomic E-state index is 6.28. The van der Waals surface area contributed by atoms with E-state index < -0.39 is 0 Å². The first-order valence-electron chi connectivity index (χ1n) is 11.5. The number of hydrogen-bond donors (Lipinski definition) is 0. The summed E-state index contributed by atoms with van der Waals surface area (Å²) in [6.07, 6.45) is 9.16. The maximum Gasteiger partial charge on any atom is 0.127 e. The smallest absolute Gasteiger partial charge is 0.127 e. The van der Waals surface area contributed by atoms with Crippen molar-refractivity contribution in [2.75, 3.05) is 13.2 Å². The molecule has 0 saturated heterocycles. The van der Waals surface area contributed by atoms with E-state index in [-0.39, 0.29) is 0 Å². The van der Waals surface area contributed by atoms with E-state index in [0.717, 1.165) is 61.2 Å². The molecule has 2 atom stereocenters. The minimum absolute atomic E-state index is 0.291. The topological polar surface area (TPSA) is 18.5 Å². The van der Waals surface area contributed by atoms with Crippen molar-refractivity contribution < 1.29 is 9.47 Å². The summed E-state index contributed by atoms with van der Waals surface area (Å²) >= 11 is 6.21. The van der Waals surface area contributed by atoms with Crippen molar-refractivity contribution in [1.82, 2.24) is 0 Å². The third kappa shape index (κ3) is 7.74. The van der Waals surface area contributed by atoms with Crippen molar-refractivity contribution in [2.45, 2.75) is 84.4 Å². The highest BCUT2D eigenvalue weighted by Crippen LogP contribution is 2.34. The average Bonchev–Trinajstić information content (AvgIpc) is 2.74. The number of halogens is 1. The summed E-state index contributed by atoms with van der Waals surface area (Å²) in [7, 11) is 0. The van der Waals surface area contributed by atoms with Crippen LogP contribution >= 0.6 is 11.6 Å². The average molecular weight is 419 g/mol. The molecule has 0 aromatic heterocycles. The van der Waals surface area contributed by atoms with Gasteiger partial charge in [-0.2, -0.15) is 0 Å². The largest absolute Gasteiger partial charge is 0.493 e. The van der Waals surface area contributed by atoms with E-state index >= 15 is 0 Å². The third-order valence-electron chi connectivity index (χ3n) is 5.72. The molecule has 2 aromatic rings. The number of benzene rings is 2. The number of aryl methyl sites for hydroxylation is 1. The van der Waals surface area contributed by atoms with Crippen molar-refractivity contribution >= 4 is 22.4 Å². The van der Waals surface area contributed by atoms with Gasteiger partial charge >= 0.3 is 0 Å². The molecule has 0 fully saturated rings. The Hall–Kier alpha value is -1.41. The number of ether oxygens (including phenoxy) is 2. The van der Waals surface area contributed by atoms with Crippen LogP contribution in [0.4, 0.5) is 0 Å². The molecule has 29 heavy (non-hydrogen) atoms. The van der Waals surface area contributed by atoms with E-state index in [0.29, 0.717) is 11.3 Å². The summed E-state index contributed by atoms with van der Waals surface area (Å²) in [6.45, 7) is 10.3. The molecule has 2 unspecified atom stereocenters. The van der Waals surface area contributed by atoms with Crippen molar-refractivity contribution in [1.29, 1.82) is 0 Å². The van der Waals surface area contributed by atoms with Crippen LogP contribution in [-0.2, 0) is 0 Å². The van der Waals surface area contributed by atoms with Gasteiger partial charge in [-0.1, -0.05) is 57.7 Å². The lowest BCUT2D eigenvalue weighted by Gasteiger charge is -2.18. The molecule has 2 nitrogen and oxygen atoms in total. The molecular weight excluding hydrogens is 380 g/mol. The van der Waals surface area contributed by atoms with Crippen LogP contribution in [0.2, 0.25) is 0 Å². The molecule has 2 rings (SSSR count). The standard InChI is InChI=1S/C26H39ClO2/c1-5-8-11-21(6-2)19-29-25-15-16-26(24-18-20(4)13-14-23(24)25)28-17-10-9-12-22(27)7-3/h13-16,18,21-22H,5-12,17,19H2,1-4H3. The molecule has 0 amide bonds. The van der Waals surface area contributed by atoms with Gasteiger partial charge in [0.2, 0.25) is 0 Å². The minimum atomic E-state index is 0.291. The Morgan fingerprint density at radius 1 is 0.828 bits per heavy atom. The predicted octanol–water partition coefficient (Wildman–Crippen LogP) is 8.31. The fourth-order valence-corrected chi connectivity index (χ4v) is 3.77. The Balaban J connectivity index is 2.04. The van der Waals surface area contributed by atoms with Crippen LogP contribution in [0.1, 0.15) is 77.7 Å². The maximum atomic E-state index is 6.28. The highest BCUT2D eigenvalue weighted by Gasteiger charge is 2.12. The van der Waals surface area contributed by atoms with Crippen LogP contribution in [0, 0.1) is 12.8 Å². The van der Waals surface area contributed by atoms with Crippen LogP contribution in [0.3, 0.4) is 0 Å². The zero-order valence-corrected chi connectivity index (χ0v) is 19.6. The predicted molar refractivity (Wildman–Crippen MR) is 127 cm³/mol. The Bertz CT molecular complexity index is 728. The minimum Gasteiger partial charge on any atom is -0.493 e. The molecule has 2 aromatic carbocycles. The molecule has 162 valence electrons. The molecule has 0 radical (unpaired) electrons. The van der Waals surface area contributed by atoms with E-state index in [4.69, 9.17) is 21.1 Å². The number of hydrogen-bond acceptors (Lipinski definition) is 2. The lowest BCUT2D eigenvalue weighted by atomic mass is 10.0. The zero-order chi connectivity index (χ0) is 21.1. The van der Waals surface area contributed by atoms with Crippen molar-refractivity contribution in [3.8, 4) is 11.5 Å². The van der Waals surface area contributed by atoms with Gasteiger partial charge in [-0.25, -0.2) is 0 Å². The normalized spacial score (nSPS) is 13.4. The van der Waals surface area contributed by atoms with Crippen LogP contribution in [-0.4, -0.2) is 18.6 Å². The molecule has 0 saturated carbocycles. The van der Waals surface area contributed by atoms with Crippen molar-refractivity contribution in [3.05, 3.63) is 35.9 Å². The molecule has 0 heterocycles. The molecule has 0 spiro atoms. The Morgan fingerprint density at radius 3 is 2.28 bits per heavy atom. The fourth-order valence-electron chi connectivity index (χ4n) is 3.62. The van der Waals surface area contributed by atoms with Gasteiger partial charge < -0.3 is 9.47 Å². The fraction of sp³-hybridized carbons (Fsp3) is 0.615. The molecular formula is C26H39ClO2. The second-order valence-electron chi connectivity index (χ2n) is 8.19. The summed E-state index contributed by atoms with van der Waals surface area (Å²) in [5, 5.41) is 2.58. The van der Waals surface area contributed by atoms with Gasteiger partial charge in [0, 0.05) is 16.1 Å². The molecule has 0 bridgehead atoms. The van der Waals surface area contributed by atoms with Gasteiger partial charge in [0.15, 0.2) is 0 Å². The van der Waals surface area contributed by atoms with Crippen LogP contribution < -0.4 is 9.47 Å². The first-order chi connectivity index (χ1) is 14.1. The third-order valence-corrected chi connectivity index (χ3v) is 6.25. The second kappa shape index (κ2) is 13.0. The van der Waals surface area contributed by atoms with Gasteiger partial charge in [-0.05, 0) is 63.1 Å². The zero-order valence-electron chi connectivity index (χ0n) is 18.8. The summed E-state index contributed by atoms with van der Waals surface area (Å²) < 4.78 is 12.4. The van der Waals surface area contributed by atoms with Gasteiger partial charge in [-0.3, -0.25) is 0 Å². The molecule has 0 aliphatic heterocycles. The number of rotatable bonds is 14. The van der Waals surface area contributed by atoms with Crippen molar-refractivity contribution in [3.63, 3.8) is 0 Å². The van der Waals surface area contributed by atoms with Gasteiger partial charge in [0.1, 0.15) is 11.5 Å². The lowest BCUT2D eigenvalue weighted by molar-refractivity contribution is 0.235. The first-order valence-corrected chi connectivity index (χ1v) is 12.0. The van der Waals surface area contributed by atoms with Gasteiger partial charge in [0.05, 0.1) is 13.2 Å². The van der Waals surface area contributed by atoms with Crippen molar-refractivity contribution in [2.24, 2.45) is 5.92 Å². The Morgan fingerprint density at radius 2 is 1.59 bits per heavy atom. The summed E-state index contributed by atoms with van der Waals surface area (Å²) in [6, 6.07) is 10.7. The van der Waals surface area contributed by atoms with Crippen LogP contribution in [0.5, 0.6) is 11.5 Å². The first kappa shape index (κ1) is 23.9. The quantitative estimate of drug-likeness (QED) is 0.227. The second-order valence-corrected chi connectivity index (χ2v) is 8.81. The highest BCUT2D eigenvalue weighted by atomic mass is 35.5. The monoisotopic (exact) mass is 418 g/mol. The SMILES string of the molecule is CCCCC(CC)COc1ccc(OCCCCC(Cl)CC)c2cc(C)ccc12. The summed E-state index contributed by atoms with van der Waals surface area (Å²) in [4.78, 5) is 0. The van der Waals surface area contributed by atoms with E-state index in [1.165, 1.54) is 31.2 Å². The highest BCUT2D eigenvalue weighted by molar-refractivity contribution is 6.20. The Kier molecular flexibility index (Phi) is 10.7. The van der Waals surface area contributed by atoms with Crippen LogP contribution in [0.15, 0.2) is 30.3 Å². The van der Waals surface area contributed by atoms with Crippen LogP contribution in [0.25, 0.3) is 10.8 Å². The van der Waals surface area contributed by atoms with E-state index in [1.54, 1.807) is 0 Å². The molecule has 3 heteroatoms. The molecule has 0 aliphatic carbocycles. The Labute approximate surface area is 182 Å². The molecule has 0 aliphatic rings. The van der Waals surface area contributed by atoms with E-state index in [9.17, 15) is 0 Å².